The van der Waals surface area contributed by atoms with Crippen molar-refractivity contribution in [2.45, 2.75) is 6.92 Å². The summed E-state index contributed by atoms with van der Waals surface area (Å²) in [5.74, 6) is -0.459. The fourth-order valence-electron chi connectivity index (χ4n) is 0.918. The van der Waals surface area contributed by atoms with Crippen molar-refractivity contribution in [3.63, 3.8) is 0 Å². The van der Waals surface area contributed by atoms with Gasteiger partial charge in [0.25, 0.3) is 0 Å². The van der Waals surface area contributed by atoms with Crippen molar-refractivity contribution in [3.8, 4) is 6.07 Å². The number of hydrogen-bond donors (Lipinski definition) is 0. The first-order chi connectivity index (χ1) is 6.19. The van der Waals surface area contributed by atoms with Gasteiger partial charge in [0.2, 0.25) is 0 Å². The highest BCUT2D eigenvalue weighted by Gasteiger charge is 2.13. The van der Waals surface area contributed by atoms with Gasteiger partial charge >= 0.3 is 5.97 Å². The van der Waals surface area contributed by atoms with Crippen LogP contribution in [0.15, 0.2) is 6.07 Å². The van der Waals surface area contributed by atoms with Gasteiger partial charge in [-0.15, -0.1) is 0 Å². The number of ether oxygens (including phenoxy) is 1. The highest BCUT2D eigenvalue weighted by molar-refractivity contribution is 5.87. The van der Waals surface area contributed by atoms with Crippen LogP contribution in [0.3, 0.4) is 0 Å². The predicted molar refractivity (Wildman–Crippen MR) is 43.9 cm³/mol. The van der Waals surface area contributed by atoms with E-state index in [1.54, 1.807) is 14.0 Å². The maximum Gasteiger partial charge on any atom is 0.356 e. The number of esters is 1. The van der Waals surface area contributed by atoms with Gasteiger partial charge in [-0.25, -0.2) is 4.79 Å². The van der Waals surface area contributed by atoms with Gasteiger partial charge in [-0.3, -0.25) is 4.68 Å². The molecule has 0 aromatic carbocycles. The fourth-order valence-corrected chi connectivity index (χ4v) is 0.918. The third-order valence-electron chi connectivity index (χ3n) is 1.48. The van der Waals surface area contributed by atoms with Gasteiger partial charge in [0, 0.05) is 13.1 Å². The lowest BCUT2D eigenvalue weighted by Gasteiger charge is -1.99. The molecule has 0 bridgehead atoms. The van der Waals surface area contributed by atoms with E-state index in [-0.39, 0.29) is 5.69 Å². The second-order valence-corrected chi connectivity index (χ2v) is 2.37. The Bertz CT molecular complexity index is 362. The summed E-state index contributed by atoms with van der Waals surface area (Å²) < 4.78 is 6.09. The third kappa shape index (κ3) is 1.85. The quantitative estimate of drug-likeness (QED) is 0.619. The summed E-state index contributed by atoms with van der Waals surface area (Å²) in [6, 6.07) is 3.25. The third-order valence-corrected chi connectivity index (χ3v) is 1.48. The van der Waals surface area contributed by atoms with E-state index in [9.17, 15) is 4.79 Å². The lowest BCUT2D eigenvalue weighted by Crippen LogP contribution is -2.10. The van der Waals surface area contributed by atoms with Crippen LogP contribution < -0.4 is 0 Å². The number of aromatic nitrogens is 2. The Morgan fingerprint density at radius 2 is 2.54 bits per heavy atom. The molecule has 1 heterocycles. The molecule has 1 aromatic heterocycles. The van der Waals surface area contributed by atoms with Crippen LogP contribution in [-0.4, -0.2) is 22.4 Å². The van der Waals surface area contributed by atoms with Gasteiger partial charge in [0.05, 0.1) is 6.61 Å². The summed E-state index contributed by atoms with van der Waals surface area (Å²) in [6.07, 6.45) is 0. The van der Waals surface area contributed by atoms with Gasteiger partial charge < -0.3 is 4.74 Å². The Hall–Kier alpha value is -1.83. The highest BCUT2D eigenvalue weighted by atomic mass is 16.5. The van der Waals surface area contributed by atoms with Crippen molar-refractivity contribution < 1.29 is 9.53 Å². The van der Waals surface area contributed by atoms with Crippen LogP contribution in [0.1, 0.15) is 23.1 Å². The molecule has 1 rings (SSSR count). The molecule has 0 N–H and O–H groups in total. The molecule has 13 heavy (non-hydrogen) atoms. The summed E-state index contributed by atoms with van der Waals surface area (Å²) in [5.41, 5.74) is 0.504. The van der Waals surface area contributed by atoms with Crippen LogP contribution in [0.25, 0.3) is 0 Å². The first-order valence-corrected chi connectivity index (χ1v) is 3.80. The van der Waals surface area contributed by atoms with Crippen LogP contribution in [0.5, 0.6) is 0 Å². The Balaban J connectivity index is 2.95. The number of aryl methyl sites for hydroxylation is 1. The highest BCUT2D eigenvalue weighted by Crippen LogP contribution is 2.03. The second kappa shape index (κ2) is 3.72. The minimum atomic E-state index is -0.459. The lowest BCUT2D eigenvalue weighted by atomic mass is 10.4. The van der Waals surface area contributed by atoms with Crippen molar-refractivity contribution in [2.75, 3.05) is 6.61 Å². The molecule has 0 aliphatic rings. The van der Waals surface area contributed by atoms with E-state index in [4.69, 9.17) is 10.00 Å². The molecule has 68 valence electrons. The standard InChI is InChI=1S/C8H9N3O2/c1-3-13-8(12)7-4-6(5-9)10-11(7)2/h4H,3H2,1-2H3. The smallest absolute Gasteiger partial charge is 0.356 e. The number of rotatable bonds is 2. The first kappa shape index (κ1) is 9.26. The van der Waals surface area contributed by atoms with E-state index < -0.39 is 5.97 Å². The average Bonchev–Trinajstić information content (AvgIpc) is 2.47. The molecule has 0 radical (unpaired) electrons. The summed E-state index contributed by atoms with van der Waals surface area (Å²) >= 11 is 0. The van der Waals surface area contributed by atoms with Gasteiger partial charge in [-0.05, 0) is 6.92 Å². The Morgan fingerprint density at radius 1 is 1.85 bits per heavy atom. The number of nitrogens with zero attached hydrogens (tertiary/aromatic N) is 3. The Kier molecular flexibility index (Phi) is 2.65. The molecule has 0 saturated heterocycles. The van der Waals surface area contributed by atoms with Crippen molar-refractivity contribution >= 4 is 5.97 Å². The minimum Gasteiger partial charge on any atom is -0.461 e. The van der Waals surface area contributed by atoms with Gasteiger partial charge in [0.15, 0.2) is 5.69 Å². The normalized spacial score (nSPS) is 9.31. The second-order valence-electron chi connectivity index (χ2n) is 2.37. The molecular formula is C8H9N3O2. The van der Waals surface area contributed by atoms with Crippen LogP contribution in [0, 0.1) is 11.3 Å². The lowest BCUT2D eigenvalue weighted by molar-refractivity contribution is 0.0513. The summed E-state index contributed by atoms with van der Waals surface area (Å²) in [6.45, 7) is 2.03. The van der Waals surface area contributed by atoms with E-state index in [0.29, 0.717) is 12.3 Å². The van der Waals surface area contributed by atoms with E-state index in [1.807, 2.05) is 6.07 Å². The summed E-state index contributed by atoms with van der Waals surface area (Å²) in [4.78, 5) is 11.2. The van der Waals surface area contributed by atoms with Crippen LogP contribution in [0.2, 0.25) is 0 Å². The number of carbonyl (C=O) groups is 1. The molecule has 0 saturated carbocycles. The Morgan fingerprint density at radius 3 is 3.00 bits per heavy atom. The summed E-state index contributed by atoms with van der Waals surface area (Å²) in [7, 11) is 1.59. The maximum absolute atomic E-state index is 11.2. The molecule has 0 aliphatic carbocycles. The van der Waals surface area contributed by atoms with E-state index >= 15 is 0 Å². The fraction of sp³-hybridized carbons (Fsp3) is 0.375. The zero-order chi connectivity index (χ0) is 9.84. The zero-order valence-corrected chi connectivity index (χ0v) is 7.44. The van der Waals surface area contributed by atoms with E-state index in [1.165, 1.54) is 10.7 Å². The molecule has 0 fully saturated rings. The molecule has 1 aromatic rings. The SMILES string of the molecule is CCOC(=O)c1cc(C#N)nn1C. The number of hydrogen-bond acceptors (Lipinski definition) is 4. The monoisotopic (exact) mass is 179 g/mol. The predicted octanol–water partition coefficient (Wildman–Crippen LogP) is 0.468. The van der Waals surface area contributed by atoms with Crippen molar-refractivity contribution in [1.82, 2.24) is 9.78 Å². The van der Waals surface area contributed by atoms with Gasteiger partial charge in [-0.2, -0.15) is 10.4 Å². The zero-order valence-electron chi connectivity index (χ0n) is 7.44. The van der Waals surface area contributed by atoms with E-state index in [2.05, 4.69) is 5.10 Å². The topological polar surface area (TPSA) is 67.9 Å². The number of carbonyl (C=O) groups excluding carboxylic acids is 1. The molecule has 0 unspecified atom stereocenters. The first-order valence-electron chi connectivity index (χ1n) is 3.80. The van der Waals surface area contributed by atoms with Crippen molar-refractivity contribution in [1.29, 1.82) is 5.26 Å². The summed E-state index contributed by atoms with van der Waals surface area (Å²) in [5, 5.41) is 12.3. The minimum absolute atomic E-state index is 0.213. The molecule has 0 amide bonds. The number of nitriles is 1. The van der Waals surface area contributed by atoms with Crippen molar-refractivity contribution in [3.05, 3.63) is 17.5 Å². The van der Waals surface area contributed by atoms with Gasteiger partial charge in [-0.1, -0.05) is 0 Å². The van der Waals surface area contributed by atoms with Crippen LogP contribution in [0.4, 0.5) is 0 Å². The molecule has 5 heteroatoms. The van der Waals surface area contributed by atoms with Crippen molar-refractivity contribution in [2.24, 2.45) is 7.05 Å². The van der Waals surface area contributed by atoms with Gasteiger partial charge in [0.1, 0.15) is 11.8 Å². The van der Waals surface area contributed by atoms with E-state index in [0.717, 1.165) is 0 Å². The van der Waals surface area contributed by atoms with Crippen LogP contribution >= 0.6 is 0 Å². The maximum atomic E-state index is 11.2. The van der Waals surface area contributed by atoms with Crippen LogP contribution in [-0.2, 0) is 11.8 Å². The molecule has 5 nitrogen and oxygen atoms in total. The average molecular weight is 179 g/mol. The largest absolute Gasteiger partial charge is 0.461 e. The molecule has 0 aliphatic heterocycles. The molecule has 0 atom stereocenters. The Labute approximate surface area is 75.5 Å². The molecular weight excluding hydrogens is 170 g/mol. The molecule has 0 spiro atoms.